The van der Waals surface area contributed by atoms with Gasteiger partial charge in [0.15, 0.2) is 0 Å². The molecule has 0 amide bonds. The van der Waals surface area contributed by atoms with Crippen molar-refractivity contribution in [2.75, 3.05) is 25.0 Å². The summed E-state index contributed by atoms with van der Waals surface area (Å²) in [7, 11) is 0. The summed E-state index contributed by atoms with van der Waals surface area (Å²) in [6.07, 6.45) is 12.5. The van der Waals surface area contributed by atoms with Gasteiger partial charge < -0.3 is 10.2 Å². The number of likely N-dealkylation sites (tertiary alicyclic amines) is 1. The highest BCUT2D eigenvalue weighted by Crippen LogP contribution is 2.28. The summed E-state index contributed by atoms with van der Waals surface area (Å²) in [5.74, 6) is 1.48. The lowest BCUT2D eigenvalue weighted by molar-refractivity contribution is 0.171. The fourth-order valence-electron chi connectivity index (χ4n) is 4.19. The third kappa shape index (κ3) is 4.08. The van der Waals surface area contributed by atoms with Crippen LogP contribution in [0.15, 0.2) is 23.4 Å². The van der Waals surface area contributed by atoms with Gasteiger partial charge in [-0.05, 0) is 63.6 Å². The van der Waals surface area contributed by atoms with E-state index in [1.165, 1.54) is 64.6 Å². The van der Waals surface area contributed by atoms with E-state index in [0.717, 1.165) is 5.92 Å². The van der Waals surface area contributed by atoms with Gasteiger partial charge in [0.25, 0.3) is 0 Å². The first-order chi connectivity index (χ1) is 12.3. The van der Waals surface area contributed by atoms with Crippen molar-refractivity contribution < 1.29 is 3.89 Å². The summed E-state index contributed by atoms with van der Waals surface area (Å²) in [6.45, 7) is 3.87. The van der Waals surface area contributed by atoms with Gasteiger partial charge in [-0.2, -0.15) is 3.89 Å². The van der Waals surface area contributed by atoms with Crippen LogP contribution >= 0.6 is 12.1 Å². The zero-order valence-electron chi connectivity index (χ0n) is 14.5. The zero-order chi connectivity index (χ0) is 17.1. The Labute approximate surface area is 152 Å². The maximum atomic E-state index is 12.8. The highest BCUT2D eigenvalue weighted by atomic mass is 32.2. The first-order valence-corrected chi connectivity index (χ1v) is 10.2. The lowest BCUT2D eigenvalue weighted by Crippen LogP contribution is -2.37. The fourth-order valence-corrected chi connectivity index (χ4v) is 4.53. The highest BCUT2D eigenvalue weighted by molar-refractivity contribution is 7.94. The van der Waals surface area contributed by atoms with Crippen LogP contribution < -0.4 is 5.32 Å². The molecule has 136 valence electrons. The van der Waals surface area contributed by atoms with Crippen LogP contribution in [0.25, 0.3) is 5.52 Å². The van der Waals surface area contributed by atoms with Gasteiger partial charge in [-0.1, -0.05) is 6.42 Å². The first kappa shape index (κ1) is 17.1. The molecule has 1 aliphatic carbocycles. The number of rotatable bonds is 5. The molecule has 1 saturated carbocycles. The Kier molecular flexibility index (Phi) is 5.41. The molecule has 0 aromatic carbocycles. The van der Waals surface area contributed by atoms with Crippen LogP contribution in [0.2, 0.25) is 0 Å². The van der Waals surface area contributed by atoms with E-state index in [2.05, 4.69) is 20.3 Å². The average molecular weight is 364 g/mol. The Bertz CT molecular complexity index is 692. The lowest BCUT2D eigenvalue weighted by Gasteiger charge is -2.34. The van der Waals surface area contributed by atoms with E-state index in [1.54, 1.807) is 23.0 Å². The van der Waals surface area contributed by atoms with Gasteiger partial charge in [-0.15, -0.1) is 5.10 Å². The molecule has 2 aliphatic rings. The minimum atomic E-state index is 0.236. The minimum absolute atomic E-state index is 0.236. The van der Waals surface area contributed by atoms with Crippen molar-refractivity contribution in [3.05, 3.63) is 18.5 Å². The minimum Gasteiger partial charge on any atom is -0.350 e. The third-order valence-corrected chi connectivity index (χ3v) is 6.12. The summed E-state index contributed by atoms with van der Waals surface area (Å²) in [4.78, 5) is 7.58. The van der Waals surface area contributed by atoms with Crippen molar-refractivity contribution in [2.24, 2.45) is 5.92 Å². The van der Waals surface area contributed by atoms with Gasteiger partial charge in [-0.3, -0.25) is 0 Å². The second-order valence-electron chi connectivity index (χ2n) is 7.39. The summed E-state index contributed by atoms with van der Waals surface area (Å²) >= 11 is 0.236. The Morgan fingerprint density at radius 3 is 2.72 bits per heavy atom. The van der Waals surface area contributed by atoms with Crippen LogP contribution in [0, 0.1) is 5.92 Å². The monoisotopic (exact) mass is 363 g/mol. The number of hydrogen-bond acceptors (Lipinski definition) is 5. The smallest absolute Gasteiger partial charge is 0.241 e. The predicted octanol–water partition coefficient (Wildman–Crippen LogP) is 4.16. The first-order valence-electron chi connectivity index (χ1n) is 9.43. The predicted molar refractivity (Wildman–Crippen MR) is 99.6 cm³/mol. The molecule has 1 saturated heterocycles. The van der Waals surface area contributed by atoms with Crippen molar-refractivity contribution in [1.29, 1.82) is 0 Å². The number of piperidine rings is 1. The fraction of sp³-hybridized carbons (Fsp3) is 0.667. The van der Waals surface area contributed by atoms with Crippen molar-refractivity contribution in [2.45, 2.75) is 55.9 Å². The van der Waals surface area contributed by atoms with Gasteiger partial charge in [0.05, 0.1) is 28.8 Å². The SMILES string of the molecule is FSc1ccn2nc(NC3CCC(CN4CCCCC4)CC3)ncc12. The molecular weight excluding hydrogens is 337 g/mol. The Morgan fingerprint density at radius 2 is 1.96 bits per heavy atom. The van der Waals surface area contributed by atoms with Crippen molar-refractivity contribution in [3.63, 3.8) is 0 Å². The summed E-state index contributed by atoms with van der Waals surface area (Å²) in [5.41, 5.74) is 0.711. The lowest BCUT2D eigenvalue weighted by atomic mass is 9.85. The molecule has 1 N–H and O–H groups in total. The van der Waals surface area contributed by atoms with E-state index in [4.69, 9.17) is 0 Å². The second kappa shape index (κ2) is 7.91. The van der Waals surface area contributed by atoms with Gasteiger partial charge in [0, 0.05) is 18.8 Å². The van der Waals surface area contributed by atoms with Crippen LogP contribution in [-0.4, -0.2) is 45.2 Å². The van der Waals surface area contributed by atoms with E-state index in [1.807, 2.05) is 0 Å². The molecule has 0 unspecified atom stereocenters. The van der Waals surface area contributed by atoms with Crippen LogP contribution in [0.1, 0.15) is 44.9 Å². The van der Waals surface area contributed by atoms with Crippen molar-refractivity contribution in [3.8, 4) is 0 Å². The number of nitrogens with one attached hydrogen (secondary N) is 1. The molecule has 0 radical (unpaired) electrons. The van der Waals surface area contributed by atoms with E-state index < -0.39 is 0 Å². The number of anilines is 1. The Morgan fingerprint density at radius 1 is 1.16 bits per heavy atom. The van der Waals surface area contributed by atoms with Gasteiger partial charge in [0.2, 0.25) is 5.95 Å². The van der Waals surface area contributed by atoms with Crippen molar-refractivity contribution in [1.82, 2.24) is 19.5 Å². The molecule has 0 atom stereocenters. The maximum Gasteiger partial charge on any atom is 0.241 e. The van der Waals surface area contributed by atoms with E-state index >= 15 is 0 Å². The average Bonchev–Trinajstić information content (AvgIpc) is 3.06. The summed E-state index contributed by atoms with van der Waals surface area (Å²) in [6, 6.07) is 2.17. The van der Waals surface area contributed by atoms with Gasteiger partial charge in [0.1, 0.15) is 0 Å². The zero-order valence-corrected chi connectivity index (χ0v) is 15.3. The van der Waals surface area contributed by atoms with E-state index in [9.17, 15) is 3.89 Å². The molecule has 1 aliphatic heterocycles. The topological polar surface area (TPSA) is 45.5 Å². The molecule has 2 aromatic heterocycles. The highest BCUT2D eigenvalue weighted by Gasteiger charge is 2.24. The van der Waals surface area contributed by atoms with Crippen LogP contribution in [0.3, 0.4) is 0 Å². The Balaban J connectivity index is 1.29. The molecule has 7 heteroatoms. The number of aromatic nitrogens is 3. The molecule has 5 nitrogen and oxygen atoms in total. The quantitative estimate of drug-likeness (QED) is 0.864. The largest absolute Gasteiger partial charge is 0.350 e. The van der Waals surface area contributed by atoms with Gasteiger partial charge >= 0.3 is 0 Å². The Hall–Kier alpha value is -1.34. The number of nitrogens with zero attached hydrogens (tertiary/aromatic N) is 4. The molecule has 0 spiro atoms. The molecule has 3 heterocycles. The van der Waals surface area contributed by atoms with Crippen molar-refractivity contribution >= 4 is 23.6 Å². The number of hydrogen-bond donors (Lipinski definition) is 1. The van der Waals surface area contributed by atoms with E-state index in [0.29, 0.717) is 22.4 Å². The van der Waals surface area contributed by atoms with E-state index in [-0.39, 0.29) is 12.1 Å². The normalized spacial score (nSPS) is 25.3. The maximum absolute atomic E-state index is 12.8. The molecular formula is C18H26FN5S. The molecule has 4 rings (SSSR count). The van der Waals surface area contributed by atoms with Crippen LogP contribution in [0.4, 0.5) is 9.83 Å². The van der Waals surface area contributed by atoms with Gasteiger partial charge in [-0.25, -0.2) is 9.50 Å². The third-order valence-electron chi connectivity index (χ3n) is 5.61. The molecule has 2 aromatic rings. The number of halogens is 1. The standard InChI is InChI=1S/C18H26FN5S/c19-25-17-8-11-24-16(17)12-20-18(22-24)21-15-6-4-14(5-7-15)13-23-9-2-1-3-10-23/h8,11-12,14-15H,1-7,9-10,13H2,(H,21,22). The van der Waals surface area contributed by atoms with Crippen LogP contribution in [0.5, 0.6) is 0 Å². The molecule has 2 fully saturated rings. The summed E-state index contributed by atoms with van der Waals surface area (Å²) < 4.78 is 14.5. The van der Waals surface area contributed by atoms with Crippen LogP contribution in [-0.2, 0) is 0 Å². The number of fused-ring (bicyclic) bond motifs is 1. The molecule has 0 bridgehead atoms. The molecule has 25 heavy (non-hydrogen) atoms. The summed E-state index contributed by atoms with van der Waals surface area (Å²) in [5, 5.41) is 7.92. The second-order valence-corrected chi connectivity index (χ2v) is 7.99.